The molecule has 1 fully saturated rings. The molecule has 1 saturated heterocycles. The third-order valence-corrected chi connectivity index (χ3v) is 4.78. The number of thiocarbonyl (C=S) groups is 1. The molecular weight excluding hydrogens is 388 g/mol. The van der Waals surface area contributed by atoms with Crippen LogP contribution in [0.15, 0.2) is 42.5 Å². The molecule has 7 heteroatoms. The Balaban J connectivity index is 0.000000309. The number of esters is 1. The van der Waals surface area contributed by atoms with Crippen LogP contribution >= 0.6 is 23.8 Å². The Kier molecular flexibility index (Phi) is 9.39. The van der Waals surface area contributed by atoms with Gasteiger partial charge in [-0.3, -0.25) is 0 Å². The molecule has 0 aromatic heterocycles. The molecule has 1 N–H and O–H groups in total. The van der Waals surface area contributed by atoms with Crippen molar-refractivity contribution in [3.8, 4) is 5.75 Å². The van der Waals surface area contributed by atoms with E-state index < -0.39 is 17.7 Å². The summed E-state index contributed by atoms with van der Waals surface area (Å²) in [4.78, 5) is 11.8. The Morgan fingerprint density at radius 2 is 1.93 bits per heavy atom. The van der Waals surface area contributed by atoms with Crippen molar-refractivity contribution in [2.45, 2.75) is 51.9 Å². The van der Waals surface area contributed by atoms with Crippen LogP contribution < -0.4 is 4.74 Å². The van der Waals surface area contributed by atoms with Gasteiger partial charge in [0.1, 0.15) is 11.4 Å². The number of aliphatic hydroxyl groups is 1. The third-order valence-electron chi connectivity index (χ3n) is 4.62. The minimum Gasteiger partial charge on any atom is -0.463 e. The first-order chi connectivity index (χ1) is 12.7. The van der Waals surface area contributed by atoms with Gasteiger partial charge in [0.15, 0.2) is 0 Å². The number of carbonyl (C=O) groups is 1. The van der Waals surface area contributed by atoms with E-state index in [-0.39, 0.29) is 16.5 Å². The van der Waals surface area contributed by atoms with E-state index in [0.29, 0.717) is 24.4 Å². The highest BCUT2D eigenvalue weighted by Gasteiger charge is 2.53. The molecule has 0 saturated carbocycles. The second kappa shape index (κ2) is 10.8. The highest BCUT2D eigenvalue weighted by molar-refractivity contribution is 7.82. The lowest BCUT2D eigenvalue weighted by Gasteiger charge is -2.32. The van der Waals surface area contributed by atoms with Gasteiger partial charge in [-0.25, -0.2) is 4.79 Å². The smallest absolute Gasteiger partial charge is 0.336 e. The normalized spacial score (nSPS) is 26.5. The molecule has 2 rings (SSSR count). The lowest BCUT2D eigenvalue weighted by molar-refractivity contribution is -0.142. The van der Waals surface area contributed by atoms with Gasteiger partial charge >= 0.3 is 5.97 Å². The zero-order chi connectivity index (χ0) is 20.6. The maximum absolute atomic E-state index is 11.8. The summed E-state index contributed by atoms with van der Waals surface area (Å²) in [6.07, 6.45) is -0.287. The maximum Gasteiger partial charge on any atom is 0.336 e. The van der Waals surface area contributed by atoms with Gasteiger partial charge in [0, 0.05) is 5.92 Å². The van der Waals surface area contributed by atoms with E-state index in [1.165, 1.54) is 0 Å². The summed E-state index contributed by atoms with van der Waals surface area (Å²) < 4.78 is 15.7. The molecule has 150 valence electrons. The fourth-order valence-electron chi connectivity index (χ4n) is 3.13. The number of rotatable bonds is 5. The van der Waals surface area contributed by atoms with Crippen LogP contribution in [0.4, 0.5) is 0 Å². The molecule has 1 aromatic carbocycles. The molecule has 4 atom stereocenters. The van der Waals surface area contributed by atoms with Crippen LogP contribution in [-0.4, -0.2) is 40.0 Å². The predicted octanol–water partition coefficient (Wildman–Crippen LogP) is 4.26. The summed E-state index contributed by atoms with van der Waals surface area (Å²) in [6.45, 7) is 11.5. The zero-order valence-electron chi connectivity index (χ0n) is 16.1. The molecule has 0 radical (unpaired) electrons. The van der Waals surface area contributed by atoms with Crippen molar-refractivity contribution in [3.05, 3.63) is 42.5 Å². The first-order valence-corrected chi connectivity index (χ1v) is 9.62. The minimum atomic E-state index is -0.801. The number of halogens is 1. The van der Waals surface area contributed by atoms with Gasteiger partial charge in [0.05, 0.1) is 24.4 Å². The number of benzene rings is 1. The molecule has 0 bridgehead atoms. The lowest BCUT2D eigenvalue weighted by atomic mass is 9.79. The zero-order valence-corrected chi connectivity index (χ0v) is 17.7. The van der Waals surface area contributed by atoms with Gasteiger partial charge in [0.2, 0.25) is 0 Å². The van der Waals surface area contributed by atoms with Gasteiger partial charge < -0.3 is 19.3 Å². The Bertz CT molecular complexity index is 651. The lowest BCUT2D eigenvalue weighted by Crippen LogP contribution is -2.41. The van der Waals surface area contributed by atoms with Gasteiger partial charge in [-0.1, -0.05) is 38.6 Å². The van der Waals surface area contributed by atoms with Crippen molar-refractivity contribution in [3.63, 3.8) is 0 Å². The average molecular weight is 415 g/mol. The molecular formula is C20H27ClO5S. The van der Waals surface area contributed by atoms with Crippen LogP contribution in [0.25, 0.3) is 0 Å². The Morgan fingerprint density at radius 1 is 1.33 bits per heavy atom. The fraction of sp³-hybridized carbons (Fsp3) is 0.500. The van der Waals surface area contributed by atoms with Crippen molar-refractivity contribution >= 4 is 34.3 Å². The second-order valence-corrected chi connectivity index (χ2v) is 7.14. The summed E-state index contributed by atoms with van der Waals surface area (Å²) in [6, 6.07) is 9.17. The van der Waals surface area contributed by atoms with Gasteiger partial charge in [-0.2, -0.15) is 0 Å². The van der Waals surface area contributed by atoms with Crippen molar-refractivity contribution in [1.29, 1.82) is 0 Å². The number of ether oxygens (including phenoxy) is 3. The Labute approximate surface area is 171 Å². The first kappa shape index (κ1) is 23.6. The van der Waals surface area contributed by atoms with Crippen LogP contribution in [0.3, 0.4) is 0 Å². The molecule has 5 nitrogen and oxygen atoms in total. The molecule has 0 aliphatic carbocycles. The SMILES string of the molecule is C=C(C(=O)OCC)[C@@]1(CC)O[C@@H](C)[C@H](O)[C@H]1C.S=C(Cl)Oc1ccccc1. The van der Waals surface area contributed by atoms with E-state index in [1.807, 2.05) is 32.0 Å². The predicted molar refractivity (Wildman–Crippen MR) is 110 cm³/mol. The maximum atomic E-state index is 11.8. The van der Waals surface area contributed by atoms with Gasteiger partial charge in [-0.05, 0) is 56.2 Å². The molecule has 0 amide bonds. The molecule has 0 unspecified atom stereocenters. The highest BCUT2D eigenvalue weighted by Crippen LogP contribution is 2.43. The third kappa shape index (κ3) is 6.01. The second-order valence-electron chi connectivity index (χ2n) is 6.20. The first-order valence-electron chi connectivity index (χ1n) is 8.84. The van der Waals surface area contributed by atoms with Crippen molar-refractivity contribution in [2.24, 2.45) is 5.92 Å². The van der Waals surface area contributed by atoms with Crippen LogP contribution in [0, 0.1) is 5.92 Å². The van der Waals surface area contributed by atoms with E-state index in [0.717, 1.165) is 0 Å². The van der Waals surface area contributed by atoms with E-state index in [2.05, 4.69) is 18.8 Å². The highest BCUT2D eigenvalue weighted by atomic mass is 35.5. The van der Waals surface area contributed by atoms with Crippen LogP contribution in [-0.2, 0) is 14.3 Å². The monoisotopic (exact) mass is 414 g/mol. The van der Waals surface area contributed by atoms with Crippen molar-refractivity contribution in [1.82, 2.24) is 0 Å². The van der Waals surface area contributed by atoms with Gasteiger partial charge in [0.25, 0.3) is 4.51 Å². The molecule has 1 aliphatic rings. The summed E-state index contributed by atoms with van der Waals surface area (Å²) >= 11 is 9.84. The van der Waals surface area contributed by atoms with Crippen LogP contribution in [0.1, 0.15) is 34.1 Å². The van der Waals surface area contributed by atoms with Crippen LogP contribution in [0.2, 0.25) is 0 Å². The summed E-state index contributed by atoms with van der Waals surface area (Å²) in [7, 11) is 0. The van der Waals surface area contributed by atoms with Gasteiger partial charge in [-0.15, -0.1) is 0 Å². The quantitative estimate of drug-likeness (QED) is 0.336. The van der Waals surface area contributed by atoms with E-state index >= 15 is 0 Å². The standard InChI is InChI=1S/C13H22O4.C7H5ClOS/c1-6-13(9(4)12(15)16-7-2)8(3)11(14)10(5)17-13;8-7(10)9-6-4-2-1-3-5-6/h8,10-11,14H,4,6-7H2,1-3,5H3;1-5H/t8-,10+,11-,13+;/m1./s1. The number of aliphatic hydroxyl groups excluding tert-OH is 1. The van der Waals surface area contributed by atoms with Crippen LogP contribution in [0.5, 0.6) is 5.75 Å². The topological polar surface area (TPSA) is 65.0 Å². The molecule has 27 heavy (non-hydrogen) atoms. The number of hydrogen-bond donors (Lipinski definition) is 1. The number of hydrogen-bond acceptors (Lipinski definition) is 6. The molecule has 0 spiro atoms. The largest absolute Gasteiger partial charge is 0.463 e. The molecule has 1 heterocycles. The van der Waals surface area contributed by atoms with Crippen molar-refractivity contribution < 1.29 is 24.1 Å². The Morgan fingerprint density at radius 3 is 2.33 bits per heavy atom. The summed E-state index contributed by atoms with van der Waals surface area (Å²) in [5.74, 6) is 0.0596. The summed E-state index contributed by atoms with van der Waals surface area (Å²) in [5, 5.41) is 9.98. The van der Waals surface area contributed by atoms with Crippen molar-refractivity contribution in [2.75, 3.05) is 6.61 Å². The minimum absolute atomic E-state index is 0.0196. The number of carbonyl (C=O) groups excluding carboxylic acids is 1. The fourth-order valence-corrected chi connectivity index (χ4v) is 3.31. The molecule has 1 aliphatic heterocycles. The number of para-hydroxylation sites is 1. The summed E-state index contributed by atoms with van der Waals surface area (Å²) in [5.41, 5.74) is -0.497. The Hall–Kier alpha value is -1.47. The van der Waals surface area contributed by atoms with E-state index in [4.69, 9.17) is 25.8 Å². The average Bonchev–Trinajstić information content (AvgIpc) is 2.86. The molecule has 1 aromatic rings. The van der Waals surface area contributed by atoms with E-state index in [1.54, 1.807) is 26.0 Å². The van der Waals surface area contributed by atoms with E-state index in [9.17, 15) is 9.90 Å².